The minimum atomic E-state index is -0.219. The number of hydrogen-bond donors (Lipinski definition) is 2. The number of carbonyl (C=O) groups excluding carboxylic acids is 3. The van der Waals surface area contributed by atoms with Gasteiger partial charge in [-0.25, -0.2) is 0 Å². The Bertz CT molecular complexity index is 1090. The summed E-state index contributed by atoms with van der Waals surface area (Å²) in [6, 6.07) is 23.3. The first-order valence-corrected chi connectivity index (χ1v) is 10.7. The van der Waals surface area contributed by atoms with Crippen LogP contribution in [0, 0.1) is 0 Å². The largest absolute Gasteiger partial charge is 0.376 e. The number of rotatable bonds is 8. The number of carbonyl (C=O) groups is 3. The first-order valence-electron chi connectivity index (χ1n) is 10.7. The SMILES string of the molecule is CCN(C(=O)c1ccc(NCC(=O)Nc2ccc(C(=O)N(C)C)cc2)cc1)c1ccccc1. The van der Waals surface area contributed by atoms with Crippen molar-refractivity contribution < 1.29 is 14.4 Å². The lowest BCUT2D eigenvalue weighted by molar-refractivity contribution is -0.114. The maximum Gasteiger partial charge on any atom is 0.258 e. The van der Waals surface area contributed by atoms with E-state index in [9.17, 15) is 14.4 Å². The molecule has 0 aliphatic carbocycles. The van der Waals surface area contributed by atoms with E-state index in [2.05, 4.69) is 10.6 Å². The molecule has 33 heavy (non-hydrogen) atoms. The monoisotopic (exact) mass is 444 g/mol. The smallest absolute Gasteiger partial charge is 0.258 e. The summed E-state index contributed by atoms with van der Waals surface area (Å²) in [5.41, 5.74) is 3.32. The van der Waals surface area contributed by atoms with Gasteiger partial charge in [-0.3, -0.25) is 14.4 Å². The Morgan fingerprint density at radius 3 is 1.82 bits per heavy atom. The standard InChI is InChI=1S/C26H28N4O3/c1-4-30(23-8-6-5-7-9-23)26(33)20-10-14-21(15-11-20)27-18-24(31)28-22-16-12-19(13-17-22)25(32)29(2)3/h5-17,27H,4,18H2,1-3H3,(H,28,31). The molecule has 0 aliphatic heterocycles. The summed E-state index contributed by atoms with van der Waals surface area (Å²) >= 11 is 0. The minimum absolute atomic E-state index is 0.0662. The van der Waals surface area contributed by atoms with Crippen LogP contribution in [-0.4, -0.2) is 49.8 Å². The van der Waals surface area contributed by atoms with Gasteiger partial charge in [0.15, 0.2) is 0 Å². The fraction of sp³-hybridized carbons (Fsp3) is 0.192. The summed E-state index contributed by atoms with van der Waals surface area (Å²) in [4.78, 5) is 40.3. The summed E-state index contributed by atoms with van der Waals surface area (Å²) < 4.78 is 0. The van der Waals surface area contributed by atoms with Crippen LogP contribution in [0.1, 0.15) is 27.6 Å². The third kappa shape index (κ3) is 6.20. The van der Waals surface area contributed by atoms with Crippen molar-refractivity contribution in [3.63, 3.8) is 0 Å². The van der Waals surface area contributed by atoms with Crippen molar-refractivity contribution in [3.05, 3.63) is 90.0 Å². The number of benzene rings is 3. The second kappa shape index (κ2) is 10.9. The van der Waals surface area contributed by atoms with Gasteiger partial charge < -0.3 is 20.4 Å². The molecule has 7 heteroatoms. The molecule has 0 heterocycles. The molecule has 0 bridgehead atoms. The van der Waals surface area contributed by atoms with Gasteiger partial charge in [0.25, 0.3) is 11.8 Å². The van der Waals surface area contributed by atoms with Crippen molar-refractivity contribution in [2.24, 2.45) is 0 Å². The highest BCUT2D eigenvalue weighted by atomic mass is 16.2. The molecule has 3 aromatic rings. The molecule has 0 radical (unpaired) electrons. The second-order valence-corrected chi connectivity index (χ2v) is 7.64. The Hall–Kier alpha value is -4.13. The second-order valence-electron chi connectivity index (χ2n) is 7.64. The molecule has 3 rings (SSSR count). The normalized spacial score (nSPS) is 10.3. The van der Waals surface area contributed by atoms with Crippen molar-refractivity contribution in [2.75, 3.05) is 42.7 Å². The molecule has 3 amide bonds. The minimum Gasteiger partial charge on any atom is -0.376 e. The number of amides is 3. The average molecular weight is 445 g/mol. The van der Waals surface area contributed by atoms with Crippen molar-refractivity contribution in [2.45, 2.75) is 6.92 Å². The van der Waals surface area contributed by atoms with Crippen LogP contribution in [0.15, 0.2) is 78.9 Å². The van der Waals surface area contributed by atoms with Crippen LogP contribution in [0.2, 0.25) is 0 Å². The van der Waals surface area contributed by atoms with Crippen molar-refractivity contribution in [1.82, 2.24) is 4.90 Å². The van der Waals surface area contributed by atoms with E-state index in [0.717, 1.165) is 11.4 Å². The Labute approximate surface area is 194 Å². The molecule has 3 aromatic carbocycles. The maximum absolute atomic E-state index is 12.9. The predicted molar refractivity (Wildman–Crippen MR) is 132 cm³/mol. The van der Waals surface area contributed by atoms with Crippen LogP contribution in [0.5, 0.6) is 0 Å². The van der Waals surface area contributed by atoms with Gasteiger partial charge in [-0.2, -0.15) is 0 Å². The molecule has 0 saturated carbocycles. The van der Waals surface area contributed by atoms with E-state index in [1.54, 1.807) is 67.5 Å². The van der Waals surface area contributed by atoms with Gasteiger partial charge in [0, 0.05) is 48.8 Å². The number of anilines is 3. The molecule has 0 saturated heterocycles. The molecule has 0 fully saturated rings. The maximum atomic E-state index is 12.9. The van der Waals surface area contributed by atoms with Crippen molar-refractivity contribution in [3.8, 4) is 0 Å². The van der Waals surface area contributed by atoms with Crippen molar-refractivity contribution in [1.29, 1.82) is 0 Å². The summed E-state index contributed by atoms with van der Waals surface area (Å²) in [6.07, 6.45) is 0. The molecule has 2 N–H and O–H groups in total. The number of hydrogen-bond acceptors (Lipinski definition) is 4. The van der Waals surface area contributed by atoms with E-state index >= 15 is 0 Å². The third-order valence-corrected chi connectivity index (χ3v) is 5.04. The first-order chi connectivity index (χ1) is 15.9. The van der Waals surface area contributed by atoms with Crippen LogP contribution >= 0.6 is 0 Å². The Balaban J connectivity index is 1.54. The molecule has 0 unspecified atom stereocenters. The Morgan fingerprint density at radius 1 is 0.727 bits per heavy atom. The lowest BCUT2D eigenvalue weighted by Gasteiger charge is -2.21. The Morgan fingerprint density at radius 2 is 1.27 bits per heavy atom. The molecule has 170 valence electrons. The fourth-order valence-corrected chi connectivity index (χ4v) is 3.28. The van der Waals surface area contributed by atoms with E-state index in [1.165, 1.54) is 4.90 Å². The van der Waals surface area contributed by atoms with Gasteiger partial charge in [-0.05, 0) is 67.6 Å². The predicted octanol–water partition coefficient (Wildman–Crippen LogP) is 4.11. The summed E-state index contributed by atoms with van der Waals surface area (Å²) in [6.45, 7) is 2.57. The molecule has 0 aromatic heterocycles. The zero-order valence-electron chi connectivity index (χ0n) is 19.0. The fourth-order valence-electron chi connectivity index (χ4n) is 3.28. The van der Waals surface area contributed by atoms with Gasteiger partial charge in [-0.1, -0.05) is 18.2 Å². The third-order valence-electron chi connectivity index (χ3n) is 5.04. The average Bonchev–Trinajstić information content (AvgIpc) is 2.84. The van der Waals surface area contributed by atoms with E-state index < -0.39 is 0 Å². The highest BCUT2D eigenvalue weighted by molar-refractivity contribution is 6.06. The molecule has 7 nitrogen and oxygen atoms in total. The van der Waals surface area contributed by atoms with Gasteiger partial charge in [-0.15, -0.1) is 0 Å². The molecule has 0 aliphatic rings. The quantitative estimate of drug-likeness (QED) is 0.548. The van der Waals surface area contributed by atoms with Crippen LogP contribution in [0.4, 0.5) is 17.1 Å². The molecule has 0 spiro atoms. The summed E-state index contributed by atoms with van der Waals surface area (Å²) in [5, 5.41) is 5.84. The Kier molecular flexibility index (Phi) is 7.81. The van der Waals surface area contributed by atoms with Gasteiger partial charge >= 0.3 is 0 Å². The van der Waals surface area contributed by atoms with Gasteiger partial charge in [0.1, 0.15) is 0 Å². The highest BCUT2D eigenvalue weighted by Gasteiger charge is 2.15. The molecular formula is C26H28N4O3. The summed E-state index contributed by atoms with van der Waals surface area (Å²) in [7, 11) is 3.38. The van der Waals surface area contributed by atoms with Crippen LogP contribution in [0.3, 0.4) is 0 Å². The van der Waals surface area contributed by atoms with Gasteiger partial charge in [0.2, 0.25) is 5.91 Å². The first kappa shape index (κ1) is 23.5. The van der Waals surface area contributed by atoms with E-state index in [0.29, 0.717) is 23.4 Å². The number of nitrogens with one attached hydrogen (secondary N) is 2. The van der Waals surface area contributed by atoms with Crippen molar-refractivity contribution >= 4 is 34.8 Å². The van der Waals surface area contributed by atoms with Crippen LogP contribution in [0.25, 0.3) is 0 Å². The topological polar surface area (TPSA) is 81.8 Å². The molecular weight excluding hydrogens is 416 g/mol. The van der Waals surface area contributed by atoms with E-state index in [4.69, 9.17) is 0 Å². The number of para-hydroxylation sites is 1. The number of nitrogens with zero attached hydrogens (tertiary/aromatic N) is 2. The van der Waals surface area contributed by atoms with E-state index in [-0.39, 0.29) is 24.3 Å². The van der Waals surface area contributed by atoms with Crippen LogP contribution in [-0.2, 0) is 4.79 Å². The van der Waals surface area contributed by atoms with E-state index in [1.807, 2.05) is 37.3 Å². The van der Waals surface area contributed by atoms with Gasteiger partial charge in [0.05, 0.1) is 6.54 Å². The van der Waals surface area contributed by atoms with Crippen LogP contribution < -0.4 is 15.5 Å². The molecule has 0 atom stereocenters. The lowest BCUT2D eigenvalue weighted by Crippen LogP contribution is -2.30. The zero-order valence-corrected chi connectivity index (χ0v) is 19.0. The summed E-state index contributed by atoms with van der Waals surface area (Å²) in [5.74, 6) is -0.394. The highest BCUT2D eigenvalue weighted by Crippen LogP contribution is 2.18. The lowest BCUT2D eigenvalue weighted by atomic mass is 10.1. The zero-order chi connectivity index (χ0) is 23.8.